The van der Waals surface area contributed by atoms with Crippen LogP contribution < -0.4 is 0 Å². The van der Waals surface area contributed by atoms with Crippen molar-refractivity contribution in [1.82, 2.24) is 15.0 Å². The van der Waals surface area contributed by atoms with E-state index in [1.54, 1.807) is 6.92 Å². The van der Waals surface area contributed by atoms with Crippen molar-refractivity contribution in [2.24, 2.45) is 0 Å². The summed E-state index contributed by atoms with van der Waals surface area (Å²) in [5.41, 5.74) is -0.592. The molecule has 90 valence electrons. The van der Waals surface area contributed by atoms with Gasteiger partial charge < -0.3 is 0 Å². The van der Waals surface area contributed by atoms with Crippen molar-refractivity contribution in [3.05, 3.63) is 41.5 Å². The predicted octanol–water partition coefficient (Wildman–Crippen LogP) is 2.73. The SMILES string of the molecule is Cc1ccc(C(F)(F)F)c(-n2ncc(F)n2)c1. The van der Waals surface area contributed by atoms with Gasteiger partial charge in [0.15, 0.2) is 0 Å². The first kappa shape index (κ1) is 11.6. The van der Waals surface area contributed by atoms with Crippen molar-refractivity contribution < 1.29 is 17.6 Å². The van der Waals surface area contributed by atoms with Crippen LogP contribution in [0.4, 0.5) is 17.6 Å². The summed E-state index contributed by atoms with van der Waals surface area (Å²) in [6.45, 7) is 1.63. The number of rotatable bonds is 1. The number of alkyl halides is 3. The smallest absolute Gasteiger partial charge is 0.181 e. The first-order valence-corrected chi connectivity index (χ1v) is 4.64. The number of aromatic nitrogens is 3. The quantitative estimate of drug-likeness (QED) is 0.723. The Morgan fingerprint density at radius 2 is 1.94 bits per heavy atom. The maximum absolute atomic E-state index is 12.7. The number of aryl methyl sites for hydroxylation is 1. The zero-order valence-electron chi connectivity index (χ0n) is 8.66. The van der Waals surface area contributed by atoms with Gasteiger partial charge >= 0.3 is 6.18 Å². The summed E-state index contributed by atoms with van der Waals surface area (Å²) in [6, 6.07) is 3.50. The van der Waals surface area contributed by atoms with Gasteiger partial charge in [-0.15, -0.1) is 9.90 Å². The van der Waals surface area contributed by atoms with Crippen molar-refractivity contribution in [1.29, 1.82) is 0 Å². The van der Waals surface area contributed by atoms with E-state index in [0.29, 0.717) is 10.4 Å². The van der Waals surface area contributed by atoms with Gasteiger partial charge in [-0.3, -0.25) is 0 Å². The summed E-state index contributed by atoms with van der Waals surface area (Å²) >= 11 is 0. The standard InChI is InChI=1S/C10H7F4N3/c1-6-2-3-7(10(12,13)14)8(4-6)17-15-5-9(11)16-17/h2-5H,1H3. The van der Waals surface area contributed by atoms with Gasteiger partial charge in [0.2, 0.25) is 0 Å². The highest BCUT2D eigenvalue weighted by Crippen LogP contribution is 2.33. The minimum Gasteiger partial charge on any atom is -0.181 e. The molecule has 1 heterocycles. The maximum atomic E-state index is 12.7. The van der Waals surface area contributed by atoms with Crippen LogP contribution in [-0.2, 0) is 6.18 Å². The van der Waals surface area contributed by atoms with Crippen molar-refractivity contribution in [3.8, 4) is 5.69 Å². The summed E-state index contributed by atoms with van der Waals surface area (Å²) in [4.78, 5) is 0.630. The van der Waals surface area contributed by atoms with E-state index < -0.39 is 17.7 Å². The molecule has 0 spiro atoms. The molecule has 0 radical (unpaired) electrons. The molecular weight excluding hydrogens is 238 g/mol. The fraction of sp³-hybridized carbons (Fsp3) is 0.200. The third-order valence-electron chi connectivity index (χ3n) is 2.14. The average Bonchev–Trinajstić information content (AvgIpc) is 2.62. The van der Waals surface area contributed by atoms with Gasteiger partial charge in [-0.1, -0.05) is 6.07 Å². The lowest BCUT2D eigenvalue weighted by Gasteiger charge is -2.12. The lowest BCUT2D eigenvalue weighted by Crippen LogP contribution is -2.12. The van der Waals surface area contributed by atoms with E-state index in [1.807, 2.05) is 0 Å². The molecule has 0 saturated carbocycles. The van der Waals surface area contributed by atoms with Gasteiger partial charge in [0.25, 0.3) is 5.95 Å². The molecular formula is C10H7F4N3. The summed E-state index contributed by atoms with van der Waals surface area (Å²) in [5, 5.41) is 6.67. The molecule has 17 heavy (non-hydrogen) atoms. The molecule has 7 heteroatoms. The van der Waals surface area contributed by atoms with Crippen LogP contribution in [0.25, 0.3) is 5.69 Å². The highest BCUT2D eigenvalue weighted by Gasteiger charge is 2.34. The predicted molar refractivity (Wildman–Crippen MR) is 51.1 cm³/mol. The summed E-state index contributed by atoms with van der Waals surface area (Å²) in [7, 11) is 0. The number of benzene rings is 1. The van der Waals surface area contributed by atoms with E-state index >= 15 is 0 Å². The number of nitrogens with zero attached hydrogens (tertiary/aromatic N) is 3. The normalized spacial score (nSPS) is 11.8. The van der Waals surface area contributed by atoms with E-state index in [1.165, 1.54) is 12.1 Å². The zero-order chi connectivity index (χ0) is 12.6. The summed E-state index contributed by atoms with van der Waals surface area (Å²) in [6.07, 6.45) is -3.78. The van der Waals surface area contributed by atoms with Crippen LogP contribution >= 0.6 is 0 Å². The van der Waals surface area contributed by atoms with E-state index in [-0.39, 0.29) is 5.69 Å². The van der Waals surface area contributed by atoms with Crippen LogP contribution in [0.1, 0.15) is 11.1 Å². The fourth-order valence-electron chi connectivity index (χ4n) is 1.41. The van der Waals surface area contributed by atoms with Crippen molar-refractivity contribution >= 4 is 0 Å². The molecule has 0 amide bonds. The Hall–Kier alpha value is -1.92. The van der Waals surface area contributed by atoms with Gasteiger partial charge in [0, 0.05) is 0 Å². The molecule has 0 bridgehead atoms. The molecule has 0 aliphatic heterocycles. The molecule has 0 N–H and O–H groups in total. The molecule has 2 rings (SSSR count). The second-order valence-electron chi connectivity index (χ2n) is 3.48. The number of halogens is 4. The monoisotopic (exact) mass is 245 g/mol. The Kier molecular flexibility index (Phi) is 2.60. The molecule has 0 aliphatic carbocycles. The third-order valence-corrected chi connectivity index (χ3v) is 2.14. The largest absolute Gasteiger partial charge is 0.418 e. The molecule has 0 atom stereocenters. The molecule has 0 unspecified atom stereocenters. The lowest BCUT2D eigenvalue weighted by atomic mass is 10.1. The highest BCUT2D eigenvalue weighted by atomic mass is 19.4. The van der Waals surface area contributed by atoms with E-state index in [2.05, 4.69) is 10.2 Å². The Bertz CT molecular complexity index is 545. The first-order chi connectivity index (χ1) is 7.88. The van der Waals surface area contributed by atoms with Crippen LogP contribution in [0.15, 0.2) is 24.4 Å². The third kappa shape index (κ3) is 2.27. The Balaban J connectivity index is 2.63. The minimum atomic E-state index is -4.53. The zero-order valence-corrected chi connectivity index (χ0v) is 8.66. The molecule has 1 aromatic heterocycles. The first-order valence-electron chi connectivity index (χ1n) is 4.64. The van der Waals surface area contributed by atoms with Crippen LogP contribution in [-0.4, -0.2) is 15.0 Å². The summed E-state index contributed by atoms with van der Waals surface area (Å²) in [5.74, 6) is -0.931. The Morgan fingerprint density at radius 1 is 1.24 bits per heavy atom. The van der Waals surface area contributed by atoms with Crippen molar-refractivity contribution in [3.63, 3.8) is 0 Å². The summed E-state index contributed by atoms with van der Waals surface area (Å²) < 4.78 is 50.8. The molecule has 0 saturated heterocycles. The Morgan fingerprint density at radius 3 is 2.47 bits per heavy atom. The second kappa shape index (κ2) is 3.83. The molecule has 2 aromatic rings. The second-order valence-corrected chi connectivity index (χ2v) is 3.48. The molecule has 1 aromatic carbocycles. The van der Waals surface area contributed by atoms with Crippen molar-refractivity contribution in [2.45, 2.75) is 13.1 Å². The van der Waals surface area contributed by atoms with Crippen LogP contribution in [0.3, 0.4) is 0 Å². The van der Waals surface area contributed by atoms with Gasteiger partial charge in [-0.05, 0) is 24.6 Å². The van der Waals surface area contributed by atoms with Gasteiger partial charge in [0.05, 0.1) is 11.3 Å². The lowest BCUT2D eigenvalue weighted by molar-refractivity contribution is -0.137. The van der Waals surface area contributed by atoms with E-state index in [9.17, 15) is 17.6 Å². The van der Waals surface area contributed by atoms with Crippen LogP contribution in [0.2, 0.25) is 0 Å². The fourth-order valence-corrected chi connectivity index (χ4v) is 1.41. The number of hydrogen-bond donors (Lipinski definition) is 0. The molecule has 0 aliphatic rings. The highest BCUT2D eigenvalue weighted by molar-refractivity contribution is 5.43. The number of hydrogen-bond acceptors (Lipinski definition) is 2. The topological polar surface area (TPSA) is 30.7 Å². The van der Waals surface area contributed by atoms with Crippen molar-refractivity contribution in [2.75, 3.05) is 0 Å². The van der Waals surface area contributed by atoms with E-state index in [0.717, 1.165) is 12.3 Å². The van der Waals surface area contributed by atoms with Gasteiger partial charge in [-0.2, -0.15) is 22.7 Å². The van der Waals surface area contributed by atoms with Gasteiger partial charge in [-0.25, -0.2) is 0 Å². The average molecular weight is 245 g/mol. The van der Waals surface area contributed by atoms with Gasteiger partial charge in [0.1, 0.15) is 6.20 Å². The molecule has 3 nitrogen and oxygen atoms in total. The van der Waals surface area contributed by atoms with Crippen LogP contribution in [0.5, 0.6) is 0 Å². The Labute approximate surface area is 93.7 Å². The van der Waals surface area contributed by atoms with E-state index in [4.69, 9.17) is 0 Å². The van der Waals surface area contributed by atoms with Crippen LogP contribution in [0, 0.1) is 12.9 Å². The maximum Gasteiger partial charge on any atom is 0.418 e. The minimum absolute atomic E-state index is 0.290. The molecule has 0 fully saturated rings.